The van der Waals surface area contributed by atoms with Gasteiger partial charge in [0, 0.05) is 26.2 Å². The minimum Gasteiger partial charge on any atom is -0.351 e. The van der Waals surface area contributed by atoms with Crippen LogP contribution in [0.4, 0.5) is 0 Å². The Kier molecular flexibility index (Phi) is 6.19. The molecule has 1 atom stereocenters. The Balaban J connectivity index is 1.45. The van der Waals surface area contributed by atoms with Crippen molar-refractivity contribution in [1.82, 2.24) is 25.1 Å². The van der Waals surface area contributed by atoms with Gasteiger partial charge in [-0.25, -0.2) is 0 Å². The van der Waals surface area contributed by atoms with Gasteiger partial charge in [0.25, 0.3) is 0 Å². The third-order valence-electron chi connectivity index (χ3n) is 5.51. The molecule has 0 saturated carbocycles. The monoisotopic (exact) mass is 359 g/mol. The second kappa shape index (κ2) is 8.58. The van der Waals surface area contributed by atoms with Crippen molar-refractivity contribution >= 4 is 11.8 Å². The zero-order chi connectivity index (χ0) is 18.5. The zero-order valence-electron chi connectivity index (χ0n) is 15.8. The number of hydrogen-bond donors (Lipinski definition) is 1. The molecule has 1 unspecified atom stereocenters. The zero-order valence-corrected chi connectivity index (χ0v) is 15.8. The molecule has 3 heterocycles. The Morgan fingerprint density at radius 2 is 1.81 bits per heavy atom. The molecule has 142 valence electrons. The van der Waals surface area contributed by atoms with Crippen LogP contribution in [0.5, 0.6) is 0 Å². The number of likely N-dealkylation sites (tertiary alicyclic amines) is 2. The first-order valence-corrected chi connectivity index (χ1v) is 9.56. The number of hydrogen-bond acceptors (Lipinski definition) is 5. The molecular formula is C19H29N5O2. The van der Waals surface area contributed by atoms with Gasteiger partial charge in [-0.05, 0) is 51.6 Å². The maximum atomic E-state index is 12.7. The molecule has 2 amide bonds. The number of carbonyl (C=O) groups excluding carboxylic acids is 2. The van der Waals surface area contributed by atoms with Crippen LogP contribution in [-0.2, 0) is 22.6 Å². The summed E-state index contributed by atoms with van der Waals surface area (Å²) in [6.07, 6.45) is 8.62. The van der Waals surface area contributed by atoms with Crippen molar-refractivity contribution in [3.63, 3.8) is 0 Å². The van der Waals surface area contributed by atoms with E-state index in [9.17, 15) is 9.59 Å². The molecule has 2 aliphatic heterocycles. The Morgan fingerprint density at radius 1 is 1.12 bits per heavy atom. The van der Waals surface area contributed by atoms with Crippen molar-refractivity contribution in [2.45, 2.75) is 51.6 Å². The van der Waals surface area contributed by atoms with E-state index >= 15 is 0 Å². The number of amides is 2. The number of carbonyl (C=O) groups is 2. The van der Waals surface area contributed by atoms with Gasteiger partial charge in [-0.15, -0.1) is 0 Å². The lowest BCUT2D eigenvalue weighted by molar-refractivity contribution is -0.137. The molecule has 1 aromatic rings. The number of nitrogens with one attached hydrogen (secondary N) is 1. The van der Waals surface area contributed by atoms with Crippen molar-refractivity contribution in [1.29, 1.82) is 0 Å². The van der Waals surface area contributed by atoms with E-state index in [1.807, 2.05) is 11.1 Å². The quantitative estimate of drug-likeness (QED) is 0.848. The van der Waals surface area contributed by atoms with Crippen molar-refractivity contribution in [3.05, 3.63) is 23.8 Å². The lowest BCUT2D eigenvalue weighted by Crippen LogP contribution is -2.47. The van der Waals surface area contributed by atoms with Gasteiger partial charge in [0.2, 0.25) is 11.8 Å². The first-order chi connectivity index (χ1) is 12.5. The summed E-state index contributed by atoms with van der Waals surface area (Å²) in [4.78, 5) is 36.7. The predicted octanol–water partition coefficient (Wildman–Crippen LogP) is 0.988. The van der Waals surface area contributed by atoms with Crippen molar-refractivity contribution in [2.75, 3.05) is 26.7 Å². The highest BCUT2D eigenvalue weighted by atomic mass is 16.2. The number of nitrogens with zero attached hydrogens (tertiary/aromatic N) is 4. The van der Waals surface area contributed by atoms with E-state index in [2.05, 4.69) is 27.2 Å². The second-order valence-electron chi connectivity index (χ2n) is 7.52. The third-order valence-corrected chi connectivity index (χ3v) is 5.51. The van der Waals surface area contributed by atoms with Crippen LogP contribution in [-0.4, -0.2) is 64.3 Å². The van der Waals surface area contributed by atoms with Gasteiger partial charge in [-0.2, -0.15) is 0 Å². The normalized spacial score (nSPS) is 21.8. The van der Waals surface area contributed by atoms with Crippen molar-refractivity contribution < 1.29 is 9.59 Å². The van der Waals surface area contributed by atoms with Gasteiger partial charge in [0.05, 0.1) is 30.2 Å². The molecule has 0 radical (unpaired) electrons. The molecule has 7 heteroatoms. The summed E-state index contributed by atoms with van der Waals surface area (Å²) in [7, 11) is 2.05. The molecule has 0 aliphatic carbocycles. The average Bonchev–Trinajstić information content (AvgIpc) is 3.07. The molecule has 2 fully saturated rings. The van der Waals surface area contributed by atoms with Gasteiger partial charge in [0.1, 0.15) is 0 Å². The number of rotatable bonds is 5. The average molecular weight is 359 g/mol. The lowest BCUT2D eigenvalue weighted by atomic mass is 9.92. The maximum Gasteiger partial charge on any atom is 0.239 e. The van der Waals surface area contributed by atoms with Gasteiger partial charge in [0.15, 0.2) is 0 Å². The molecule has 3 rings (SSSR count). The molecule has 2 saturated heterocycles. The van der Waals surface area contributed by atoms with Crippen LogP contribution in [0.3, 0.4) is 0 Å². The van der Waals surface area contributed by atoms with Gasteiger partial charge < -0.3 is 10.2 Å². The molecule has 0 aromatic carbocycles. The summed E-state index contributed by atoms with van der Waals surface area (Å²) in [5, 5.41) is 2.72. The fourth-order valence-electron chi connectivity index (χ4n) is 3.88. The highest BCUT2D eigenvalue weighted by Gasteiger charge is 2.33. The number of likely N-dealkylation sites (N-methyl/N-ethyl adjacent to an activating group) is 1. The Bertz CT molecular complexity index is 625. The van der Waals surface area contributed by atoms with Crippen LogP contribution in [0.25, 0.3) is 0 Å². The van der Waals surface area contributed by atoms with E-state index in [1.165, 1.54) is 6.92 Å². The molecule has 2 aliphatic rings. The third kappa shape index (κ3) is 4.78. The van der Waals surface area contributed by atoms with E-state index < -0.39 is 0 Å². The minimum absolute atomic E-state index is 0.0685. The second-order valence-corrected chi connectivity index (χ2v) is 7.52. The van der Waals surface area contributed by atoms with Crippen LogP contribution in [0.1, 0.15) is 44.0 Å². The van der Waals surface area contributed by atoms with Crippen LogP contribution in [0, 0.1) is 5.92 Å². The lowest BCUT2D eigenvalue weighted by Gasteiger charge is -2.34. The van der Waals surface area contributed by atoms with Crippen molar-refractivity contribution in [2.24, 2.45) is 5.92 Å². The summed E-state index contributed by atoms with van der Waals surface area (Å²) in [5.74, 6) is 0.794. The van der Waals surface area contributed by atoms with E-state index in [0.717, 1.165) is 63.1 Å². The van der Waals surface area contributed by atoms with Crippen LogP contribution in [0.15, 0.2) is 12.4 Å². The molecule has 0 spiro atoms. The Hall–Kier alpha value is -2.02. The van der Waals surface area contributed by atoms with Crippen molar-refractivity contribution in [3.8, 4) is 0 Å². The summed E-state index contributed by atoms with van der Waals surface area (Å²) < 4.78 is 0. The highest BCUT2D eigenvalue weighted by Crippen LogP contribution is 2.24. The number of piperidine rings is 1. The largest absolute Gasteiger partial charge is 0.351 e. The molecule has 1 N–H and O–H groups in total. The summed E-state index contributed by atoms with van der Waals surface area (Å²) in [6.45, 7) is 4.63. The standard InChI is InChI=1S/C19H29N5O2/c1-14(25)20-12-17-13-21-16(11-22-17)10-15-5-8-24(9-6-15)19(26)18-4-3-7-23(18)2/h11,13,15,18H,3-10,12H2,1-2H3,(H,20,25). The van der Waals surface area contributed by atoms with Gasteiger partial charge in [-0.1, -0.05) is 0 Å². The predicted molar refractivity (Wildman–Crippen MR) is 98.2 cm³/mol. The Labute approximate surface area is 155 Å². The minimum atomic E-state index is -0.0685. The summed E-state index contributed by atoms with van der Waals surface area (Å²) in [5.41, 5.74) is 1.75. The number of aromatic nitrogens is 2. The van der Waals surface area contributed by atoms with E-state index in [0.29, 0.717) is 18.4 Å². The van der Waals surface area contributed by atoms with Gasteiger partial charge in [-0.3, -0.25) is 24.5 Å². The van der Waals surface area contributed by atoms with E-state index in [-0.39, 0.29) is 11.9 Å². The van der Waals surface area contributed by atoms with E-state index in [4.69, 9.17) is 0 Å². The molecule has 1 aromatic heterocycles. The fourth-order valence-corrected chi connectivity index (χ4v) is 3.88. The van der Waals surface area contributed by atoms with E-state index in [1.54, 1.807) is 6.20 Å². The van der Waals surface area contributed by atoms with Crippen LogP contribution >= 0.6 is 0 Å². The molecule has 7 nitrogen and oxygen atoms in total. The van der Waals surface area contributed by atoms with Crippen LogP contribution < -0.4 is 5.32 Å². The maximum absolute atomic E-state index is 12.7. The molecular weight excluding hydrogens is 330 g/mol. The first-order valence-electron chi connectivity index (χ1n) is 9.56. The fraction of sp³-hybridized carbons (Fsp3) is 0.684. The van der Waals surface area contributed by atoms with Crippen LogP contribution in [0.2, 0.25) is 0 Å². The summed E-state index contributed by atoms with van der Waals surface area (Å²) in [6, 6.07) is 0.0913. The summed E-state index contributed by atoms with van der Waals surface area (Å²) >= 11 is 0. The molecule has 26 heavy (non-hydrogen) atoms. The first kappa shape index (κ1) is 18.8. The highest BCUT2D eigenvalue weighted by molar-refractivity contribution is 5.82. The SMILES string of the molecule is CC(=O)NCc1cnc(CC2CCN(C(=O)C3CCCN3C)CC2)cn1. The smallest absolute Gasteiger partial charge is 0.239 e. The topological polar surface area (TPSA) is 78.4 Å². The molecule has 0 bridgehead atoms. The van der Waals surface area contributed by atoms with Gasteiger partial charge >= 0.3 is 0 Å². The Morgan fingerprint density at radius 3 is 2.38 bits per heavy atom.